The molecule has 1 aromatic heterocycles. The predicted octanol–water partition coefficient (Wildman–Crippen LogP) is 2.93. The summed E-state index contributed by atoms with van der Waals surface area (Å²) < 4.78 is 7.36. The molecule has 0 spiro atoms. The average molecular weight is 495 g/mol. The summed E-state index contributed by atoms with van der Waals surface area (Å²) in [4.78, 5) is 29.4. The Labute approximate surface area is 210 Å². The summed E-state index contributed by atoms with van der Waals surface area (Å²) in [6.07, 6.45) is 2.82. The SMILES string of the molecule is COc1ccc(C[N+]2([O-])CCCC(n3c(=O)n(C)c4c(N5CCC(CO)CC5)cccc43)C2=O)cc1. The molecule has 9 heteroatoms. The number of rotatable bonds is 6. The van der Waals surface area contributed by atoms with Gasteiger partial charge in [-0.25, -0.2) is 9.59 Å². The number of carbonyl (C=O) groups is 1. The molecule has 36 heavy (non-hydrogen) atoms. The molecule has 2 aromatic carbocycles. The number of aliphatic hydroxyl groups excluding tert-OH is 1. The van der Waals surface area contributed by atoms with Crippen LogP contribution in [0.2, 0.25) is 0 Å². The number of fused-ring (bicyclic) bond motifs is 1. The summed E-state index contributed by atoms with van der Waals surface area (Å²) in [6.45, 7) is 2.03. The summed E-state index contributed by atoms with van der Waals surface area (Å²) in [5.41, 5.74) is 2.90. The summed E-state index contributed by atoms with van der Waals surface area (Å²) in [7, 11) is 3.31. The summed E-state index contributed by atoms with van der Waals surface area (Å²) in [6, 6.07) is 12.2. The molecule has 0 aliphatic carbocycles. The van der Waals surface area contributed by atoms with Gasteiger partial charge in [-0.1, -0.05) is 6.07 Å². The van der Waals surface area contributed by atoms with Crippen LogP contribution in [0, 0.1) is 11.1 Å². The minimum atomic E-state index is -0.978. The highest BCUT2D eigenvalue weighted by Gasteiger charge is 2.41. The minimum absolute atomic E-state index is 0.0316. The summed E-state index contributed by atoms with van der Waals surface area (Å²) in [5, 5.41) is 23.3. The molecule has 2 unspecified atom stereocenters. The highest BCUT2D eigenvalue weighted by Crippen LogP contribution is 2.35. The second-order valence-corrected chi connectivity index (χ2v) is 10.1. The fourth-order valence-electron chi connectivity index (χ4n) is 5.80. The zero-order chi connectivity index (χ0) is 25.4. The van der Waals surface area contributed by atoms with Gasteiger partial charge < -0.3 is 20.0 Å². The number of ether oxygens (including phenoxy) is 1. The third-order valence-corrected chi connectivity index (χ3v) is 7.89. The summed E-state index contributed by atoms with van der Waals surface area (Å²) in [5.74, 6) is 0.529. The first-order valence-electron chi connectivity index (χ1n) is 12.7. The van der Waals surface area contributed by atoms with Crippen molar-refractivity contribution in [3.8, 4) is 5.75 Å². The second-order valence-electron chi connectivity index (χ2n) is 10.1. The maximum Gasteiger partial charge on any atom is 0.337 e. The number of methoxy groups -OCH3 is 1. The quantitative estimate of drug-likeness (QED) is 0.418. The smallest absolute Gasteiger partial charge is 0.337 e. The van der Waals surface area contributed by atoms with Crippen molar-refractivity contribution in [3.05, 3.63) is 63.7 Å². The minimum Gasteiger partial charge on any atom is -0.625 e. The van der Waals surface area contributed by atoms with Gasteiger partial charge in [0.25, 0.3) is 0 Å². The zero-order valence-electron chi connectivity index (χ0n) is 20.9. The number of carbonyl (C=O) groups excluding carboxylic acids is 1. The Kier molecular flexibility index (Phi) is 6.63. The molecule has 1 amide bonds. The lowest BCUT2D eigenvalue weighted by atomic mass is 9.97. The van der Waals surface area contributed by atoms with Crippen molar-refractivity contribution in [2.75, 3.05) is 38.3 Å². The fraction of sp³-hybridized carbons (Fsp3) is 0.481. The molecule has 2 saturated heterocycles. The van der Waals surface area contributed by atoms with E-state index in [1.165, 1.54) is 0 Å². The number of aromatic nitrogens is 2. The van der Waals surface area contributed by atoms with Gasteiger partial charge in [0.05, 0.1) is 30.4 Å². The first-order valence-corrected chi connectivity index (χ1v) is 12.7. The van der Waals surface area contributed by atoms with E-state index in [2.05, 4.69) is 4.90 Å². The van der Waals surface area contributed by atoms with Crippen molar-refractivity contribution in [1.29, 1.82) is 0 Å². The lowest BCUT2D eigenvalue weighted by molar-refractivity contribution is -0.823. The maximum atomic E-state index is 13.8. The van der Waals surface area contributed by atoms with E-state index in [0.717, 1.165) is 42.7 Å². The molecule has 2 fully saturated rings. The first kappa shape index (κ1) is 24.5. The number of piperidine rings is 2. The molecular weight excluding hydrogens is 460 g/mol. The van der Waals surface area contributed by atoms with Crippen molar-refractivity contribution in [1.82, 2.24) is 9.13 Å². The van der Waals surface area contributed by atoms with E-state index in [1.807, 2.05) is 30.3 Å². The van der Waals surface area contributed by atoms with Gasteiger partial charge in [0, 0.05) is 32.3 Å². The molecule has 3 aromatic rings. The highest BCUT2D eigenvalue weighted by molar-refractivity contribution is 5.91. The van der Waals surface area contributed by atoms with E-state index in [4.69, 9.17) is 4.74 Å². The lowest BCUT2D eigenvalue weighted by Crippen LogP contribution is -2.55. The van der Waals surface area contributed by atoms with Crippen LogP contribution in [-0.2, 0) is 18.4 Å². The van der Waals surface area contributed by atoms with Gasteiger partial charge in [-0.05, 0) is 68.0 Å². The van der Waals surface area contributed by atoms with Crippen molar-refractivity contribution in [2.24, 2.45) is 13.0 Å². The van der Waals surface area contributed by atoms with E-state index in [9.17, 15) is 19.9 Å². The van der Waals surface area contributed by atoms with Gasteiger partial charge in [0.15, 0.2) is 6.04 Å². The van der Waals surface area contributed by atoms with E-state index in [-0.39, 0.29) is 25.4 Å². The molecule has 5 rings (SSSR count). The second kappa shape index (κ2) is 9.72. The molecule has 3 heterocycles. The number of para-hydroxylation sites is 1. The molecule has 2 aliphatic rings. The number of aliphatic hydroxyl groups is 1. The molecule has 0 bridgehead atoms. The summed E-state index contributed by atoms with van der Waals surface area (Å²) >= 11 is 0. The van der Waals surface area contributed by atoms with Crippen LogP contribution in [0.1, 0.15) is 37.3 Å². The number of amides is 1. The Morgan fingerprint density at radius 1 is 1.08 bits per heavy atom. The van der Waals surface area contributed by atoms with Gasteiger partial charge in [0.2, 0.25) is 0 Å². The first-order chi connectivity index (χ1) is 17.4. The Morgan fingerprint density at radius 2 is 1.81 bits per heavy atom. The zero-order valence-corrected chi connectivity index (χ0v) is 20.9. The number of hydrogen-bond acceptors (Lipinski definition) is 6. The van der Waals surface area contributed by atoms with Gasteiger partial charge >= 0.3 is 11.6 Å². The van der Waals surface area contributed by atoms with Gasteiger partial charge in [-0.15, -0.1) is 0 Å². The molecule has 1 N–H and O–H groups in total. The third kappa shape index (κ3) is 4.21. The Morgan fingerprint density at radius 3 is 2.47 bits per heavy atom. The van der Waals surface area contributed by atoms with Crippen LogP contribution in [0.4, 0.5) is 5.69 Å². The van der Waals surface area contributed by atoms with E-state index in [1.54, 1.807) is 35.4 Å². The number of hydroxylamine groups is 3. The van der Waals surface area contributed by atoms with Gasteiger partial charge in [0.1, 0.15) is 12.3 Å². The largest absolute Gasteiger partial charge is 0.625 e. The molecule has 2 aliphatic heterocycles. The molecule has 0 saturated carbocycles. The van der Waals surface area contributed by atoms with Crippen molar-refractivity contribution >= 4 is 22.6 Å². The molecule has 2 atom stereocenters. The number of aryl methyl sites for hydroxylation is 1. The number of anilines is 1. The molecule has 0 radical (unpaired) electrons. The van der Waals surface area contributed by atoms with E-state index in [0.29, 0.717) is 30.0 Å². The van der Waals surface area contributed by atoms with Crippen LogP contribution in [0.5, 0.6) is 5.75 Å². The standard InChI is InChI=1S/C27H34N4O5/c1-28-25-22(29-14-12-20(18-32)13-15-29)5-3-6-23(25)30(27(28)34)24-7-4-16-31(35,26(24)33)17-19-8-10-21(36-2)11-9-19/h3,5-6,8-11,20,24,32H,4,7,12-18H2,1-2H3. The van der Waals surface area contributed by atoms with Crippen molar-refractivity contribution in [2.45, 2.75) is 38.3 Å². The Bertz CT molecular complexity index is 1310. The van der Waals surface area contributed by atoms with Crippen LogP contribution in [0.15, 0.2) is 47.3 Å². The number of benzene rings is 2. The van der Waals surface area contributed by atoms with Gasteiger partial charge in [-0.3, -0.25) is 13.8 Å². The van der Waals surface area contributed by atoms with Crippen LogP contribution < -0.4 is 15.3 Å². The van der Waals surface area contributed by atoms with Crippen LogP contribution in [0.25, 0.3) is 11.0 Å². The van der Waals surface area contributed by atoms with E-state index < -0.39 is 16.6 Å². The fourth-order valence-corrected chi connectivity index (χ4v) is 5.80. The average Bonchev–Trinajstić information content (AvgIpc) is 3.16. The number of hydrogen-bond donors (Lipinski definition) is 1. The van der Waals surface area contributed by atoms with E-state index >= 15 is 0 Å². The maximum absolute atomic E-state index is 13.8. The molecule has 9 nitrogen and oxygen atoms in total. The number of quaternary nitrogens is 1. The Balaban J connectivity index is 1.49. The number of imidazole rings is 1. The van der Waals surface area contributed by atoms with Crippen LogP contribution in [0.3, 0.4) is 0 Å². The topological polar surface area (TPSA) is 99.8 Å². The Hall–Kier alpha value is -3.14. The predicted molar refractivity (Wildman–Crippen MR) is 138 cm³/mol. The van der Waals surface area contributed by atoms with Crippen LogP contribution in [-0.4, -0.2) is 58.1 Å². The van der Waals surface area contributed by atoms with Crippen molar-refractivity contribution in [3.63, 3.8) is 0 Å². The van der Waals surface area contributed by atoms with Crippen LogP contribution >= 0.6 is 0 Å². The highest BCUT2D eigenvalue weighted by atomic mass is 16.6. The molecule has 192 valence electrons. The van der Waals surface area contributed by atoms with Crippen molar-refractivity contribution < 1.29 is 19.3 Å². The van der Waals surface area contributed by atoms with Gasteiger partial charge in [-0.2, -0.15) is 0 Å². The third-order valence-electron chi connectivity index (χ3n) is 7.89. The molecular formula is C27H34N4O5. The number of nitrogens with zero attached hydrogens (tertiary/aromatic N) is 4. The normalized spacial score (nSPS) is 23.4. The number of likely N-dealkylation sites (tertiary alicyclic amines) is 1. The monoisotopic (exact) mass is 494 g/mol. The lowest BCUT2D eigenvalue weighted by Gasteiger charge is -2.45.